The maximum Gasteiger partial charge on any atom is 0.252 e. The molecule has 1 aliphatic heterocycles. The Bertz CT molecular complexity index is 872. The van der Waals surface area contributed by atoms with Crippen LogP contribution in [-0.4, -0.2) is 28.6 Å². The zero-order chi connectivity index (χ0) is 15.6. The minimum Gasteiger partial charge on any atom is -0.454 e. The van der Waals surface area contributed by atoms with E-state index in [9.17, 15) is 4.79 Å². The van der Waals surface area contributed by atoms with Crippen molar-refractivity contribution < 1.29 is 14.3 Å². The minimum absolute atomic E-state index is 0.0960. The monoisotopic (exact) mass is 309 g/mol. The summed E-state index contributed by atoms with van der Waals surface area (Å²) in [6.07, 6.45) is 6.03. The quantitative estimate of drug-likeness (QED) is 0.801. The second-order valence-corrected chi connectivity index (χ2v) is 5.30. The number of benzene rings is 1. The van der Waals surface area contributed by atoms with E-state index in [0.29, 0.717) is 12.1 Å². The van der Waals surface area contributed by atoms with Crippen LogP contribution >= 0.6 is 0 Å². The number of imidazole rings is 1. The van der Waals surface area contributed by atoms with E-state index < -0.39 is 0 Å². The third kappa shape index (κ3) is 2.70. The fourth-order valence-corrected chi connectivity index (χ4v) is 2.57. The maximum atomic E-state index is 12.2. The molecule has 0 saturated heterocycles. The average molecular weight is 309 g/mol. The van der Waals surface area contributed by atoms with Gasteiger partial charge in [0.25, 0.3) is 5.91 Å². The number of hydrogen-bond donors (Lipinski definition) is 1. The van der Waals surface area contributed by atoms with Crippen LogP contribution in [-0.2, 0) is 6.42 Å². The Kier molecular flexibility index (Phi) is 3.34. The highest BCUT2D eigenvalue weighted by Crippen LogP contribution is 2.32. The summed E-state index contributed by atoms with van der Waals surface area (Å²) < 4.78 is 12.5. The van der Waals surface area contributed by atoms with Crippen LogP contribution in [0.1, 0.15) is 15.9 Å². The van der Waals surface area contributed by atoms with Gasteiger partial charge in [-0.05, 0) is 36.2 Å². The summed E-state index contributed by atoms with van der Waals surface area (Å²) >= 11 is 0. The molecule has 1 N–H and O–H groups in total. The van der Waals surface area contributed by atoms with Gasteiger partial charge in [-0.3, -0.25) is 4.79 Å². The first-order chi connectivity index (χ1) is 11.3. The van der Waals surface area contributed by atoms with E-state index in [0.717, 1.165) is 29.1 Å². The number of nitrogens with one attached hydrogen (secondary N) is 1. The molecule has 0 radical (unpaired) electrons. The Balaban J connectivity index is 1.37. The molecule has 1 aromatic carbocycles. The summed E-state index contributed by atoms with van der Waals surface area (Å²) in [6.45, 7) is 0.826. The molecule has 116 valence electrons. The molecule has 3 heterocycles. The van der Waals surface area contributed by atoms with E-state index in [2.05, 4.69) is 10.3 Å². The largest absolute Gasteiger partial charge is 0.454 e. The summed E-state index contributed by atoms with van der Waals surface area (Å²) in [7, 11) is 0. The van der Waals surface area contributed by atoms with Gasteiger partial charge < -0.3 is 19.2 Å². The molecule has 6 heteroatoms. The van der Waals surface area contributed by atoms with Crippen LogP contribution in [0.4, 0.5) is 0 Å². The fraction of sp³-hybridized carbons (Fsp3) is 0.176. The van der Waals surface area contributed by atoms with Gasteiger partial charge in [0, 0.05) is 25.1 Å². The normalized spacial score (nSPS) is 12.5. The molecule has 0 aliphatic carbocycles. The smallest absolute Gasteiger partial charge is 0.252 e. The van der Waals surface area contributed by atoms with E-state index in [1.807, 2.05) is 34.9 Å². The van der Waals surface area contributed by atoms with Crippen LogP contribution in [0.5, 0.6) is 11.5 Å². The Labute approximate surface area is 132 Å². The summed E-state index contributed by atoms with van der Waals surface area (Å²) in [5, 5.41) is 2.93. The summed E-state index contributed by atoms with van der Waals surface area (Å²) in [4.78, 5) is 16.4. The second kappa shape index (κ2) is 5.64. The lowest BCUT2D eigenvalue weighted by Gasteiger charge is -2.06. The molecule has 0 saturated carbocycles. The molecular weight excluding hydrogens is 294 g/mol. The van der Waals surface area contributed by atoms with E-state index in [-0.39, 0.29) is 12.7 Å². The highest BCUT2D eigenvalue weighted by Gasteiger charge is 2.13. The number of carbonyl (C=O) groups excluding carboxylic acids is 1. The molecule has 6 nitrogen and oxygen atoms in total. The van der Waals surface area contributed by atoms with Gasteiger partial charge in [0.15, 0.2) is 11.5 Å². The Morgan fingerprint density at radius 1 is 1.22 bits per heavy atom. The molecule has 2 aromatic heterocycles. The van der Waals surface area contributed by atoms with Gasteiger partial charge >= 0.3 is 0 Å². The third-order valence-corrected chi connectivity index (χ3v) is 3.79. The van der Waals surface area contributed by atoms with Gasteiger partial charge in [0.1, 0.15) is 5.65 Å². The van der Waals surface area contributed by atoms with E-state index in [1.54, 1.807) is 18.5 Å². The van der Waals surface area contributed by atoms with Crippen LogP contribution in [0, 0.1) is 0 Å². The molecule has 0 bridgehead atoms. The van der Waals surface area contributed by atoms with Gasteiger partial charge in [-0.1, -0.05) is 6.07 Å². The van der Waals surface area contributed by atoms with Crippen molar-refractivity contribution in [3.05, 3.63) is 60.0 Å². The topological polar surface area (TPSA) is 64.9 Å². The van der Waals surface area contributed by atoms with E-state index in [1.165, 1.54) is 0 Å². The van der Waals surface area contributed by atoms with Crippen molar-refractivity contribution >= 4 is 11.6 Å². The van der Waals surface area contributed by atoms with Gasteiger partial charge in [-0.15, -0.1) is 0 Å². The van der Waals surface area contributed by atoms with Crippen molar-refractivity contribution in [3.8, 4) is 11.5 Å². The number of ether oxygens (including phenoxy) is 2. The highest BCUT2D eigenvalue weighted by molar-refractivity contribution is 5.94. The van der Waals surface area contributed by atoms with Gasteiger partial charge in [0.2, 0.25) is 6.79 Å². The first-order valence-corrected chi connectivity index (χ1v) is 7.39. The molecule has 3 aromatic rings. The van der Waals surface area contributed by atoms with Crippen molar-refractivity contribution in [2.45, 2.75) is 6.42 Å². The van der Waals surface area contributed by atoms with Crippen LogP contribution in [0.15, 0.2) is 48.9 Å². The van der Waals surface area contributed by atoms with Crippen molar-refractivity contribution in [3.63, 3.8) is 0 Å². The standard InChI is InChI=1S/C17H15N3O3/c21-17(13-2-4-16-18-7-8-20(16)10-13)19-6-5-12-1-3-14-15(9-12)23-11-22-14/h1-4,7-10H,5-6,11H2,(H,19,21). The Morgan fingerprint density at radius 3 is 3.09 bits per heavy atom. The molecular formula is C17H15N3O3. The van der Waals surface area contributed by atoms with Crippen LogP contribution in [0.25, 0.3) is 5.65 Å². The molecule has 23 heavy (non-hydrogen) atoms. The van der Waals surface area contributed by atoms with Crippen LogP contribution < -0.4 is 14.8 Å². The zero-order valence-corrected chi connectivity index (χ0v) is 12.4. The number of hydrogen-bond acceptors (Lipinski definition) is 4. The van der Waals surface area contributed by atoms with E-state index >= 15 is 0 Å². The number of amides is 1. The van der Waals surface area contributed by atoms with Crippen molar-refractivity contribution in [2.75, 3.05) is 13.3 Å². The molecule has 0 unspecified atom stereocenters. The van der Waals surface area contributed by atoms with Crippen molar-refractivity contribution in [2.24, 2.45) is 0 Å². The van der Waals surface area contributed by atoms with Gasteiger partial charge in [0.05, 0.1) is 5.56 Å². The molecule has 4 rings (SSSR count). The fourth-order valence-electron chi connectivity index (χ4n) is 2.57. The van der Waals surface area contributed by atoms with Crippen molar-refractivity contribution in [1.82, 2.24) is 14.7 Å². The minimum atomic E-state index is -0.0960. The van der Waals surface area contributed by atoms with Gasteiger partial charge in [-0.25, -0.2) is 4.98 Å². The predicted octanol–water partition coefficient (Wildman–Crippen LogP) is 2.04. The lowest BCUT2D eigenvalue weighted by Crippen LogP contribution is -2.25. The Hall–Kier alpha value is -3.02. The first-order valence-electron chi connectivity index (χ1n) is 7.39. The van der Waals surface area contributed by atoms with Crippen molar-refractivity contribution in [1.29, 1.82) is 0 Å². The summed E-state index contributed by atoms with van der Waals surface area (Å²) in [5.41, 5.74) is 2.53. The third-order valence-electron chi connectivity index (χ3n) is 3.79. The number of carbonyl (C=O) groups is 1. The molecule has 0 atom stereocenters. The molecule has 1 aliphatic rings. The number of pyridine rings is 1. The number of nitrogens with zero attached hydrogens (tertiary/aromatic N) is 2. The number of rotatable bonds is 4. The zero-order valence-electron chi connectivity index (χ0n) is 12.4. The average Bonchev–Trinajstić information content (AvgIpc) is 3.22. The highest BCUT2D eigenvalue weighted by atomic mass is 16.7. The maximum absolute atomic E-state index is 12.2. The van der Waals surface area contributed by atoms with E-state index in [4.69, 9.17) is 9.47 Å². The second-order valence-electron chi connectivity index (χ2n) is 5.30. The van der Waals surface area contributed by atoms with Crippen LogP contribution in [0.2, 0.25) is 0 Å². The summed E-state index contributed by atoms with van der Waals surface area (Å²) in [5.74, 6) is 1.44. The first kappa shape index (κ1) is 13.6. The lowest BCUT2D eigenvalue weighted by molar-refractivity contribution is 0.0953. The molecule has 0 spiro atoms. The number of aromatic nitrogens is 2. The molecule has 1 amide bonds. The van der Waals surface area contributed by atoms with Gasteiger partial charge in [-0.2, -0.15) is 0 Å². The summed E-state index contributed by atoms with van der Waals surface area (Å²) in [6, 6.07) is 9.43. The lowest BCUT2D eigenvalue weighted by atomic mass is 10.1. The number of fused-ring (bicyclic) bond motifs is 2. The predicted molar refractivity (Wildman–Crippen MR) is 83.8 cm³/mol. The Morgan fingerprint density at radius 2 is 2.13 bits per heavy atom. The van der Waals surface area contributed by atoms with Crippen LogP contribution in [0.3, 0.4) is 0 Å². The SMILES string of the molecule is O=C(NCCc1ccc2c(c1)OCO2)c1ccc2nccn2c1. The molecule has 0 fully saturated rings.